The highest BCUT2D eigenvalue weighted by atomic mass is 79.9. The van der Waals surface area contributed by atoms with Crippen molar-refractivity contribution in [3.63, 3.8) is 0 Å². The van der Waals surface area contributed by atoms with E-state index in [-0.39, 0.29) is 0 Å². The molecule has 0 N–H and O–H groups in total. The molecule has 0 aliphatic rings. The van der Waals surface area contributed by atoms with Crippen molar-refractivity contribution >= 4 is 15.9 Å². The molecule has 5 aromatic carbocycles. The van der Waals surface area contributed by atoms with Gasteiger partial charge in [0.15, 0.2) is 17.5 Å². The van der Waals surface area contributed by atoms with Gasteiger partial charge in [0.05, 0.1) is 0 Å². The summed E-state index contributed by atoms with van der Waals surface area (Å²) in [6.45, 7) is 0. The molecule has 6 heteroatoms. The number of aromatic nitrogens is 5. The number of rotatable bonds is 7. The first kappa shape index (κ1) is 30.2. The van der Waals surface area contributed by atoms with E-state index in [4.69, 9.17) is 15.0 Å². The quantitative estimate of drug-likeness (QED) is 0.166. The van der Waals surface area contributed by atoms with Gasteiger partial charge in [0.2, 0.25) is 0 Å². The van der Waals surface area contributed by atoms with Gasteiger partial charge in [-0.25, -0.2) is 15.0 Å². The molecule has 0 aliphatic carbocycles. The first-order chi connectivity index (χ1) is 24.2. The third-order valence-corrected chi connectivity index (χ3v) is 8.88. The molecule has 0 unspecified atom stereocenters. The number of pyridine rings is 2. The predicted molar refractivity (Wildman–Crippen MR) is 201 cm³/mol. The van der Waals surface area contributed by atoms with E-state index in [9.17, 15) is 0 Å². The molecule has 3 heterocycles. The maximum atomic E-state index is 5.03. The van der Waals surface area contributed by atoms with Gasteiger partial charge in [0.25, 0.3) is 0 Å². The lowest BCUT2D eigenvalue weighted by Gasteiger charge is -2.11. The Morgan fingerprint density at radius 3 is 1.12 bits per heavy atom. The molecular formula is C43H28BrN5. The van der Waals surface area contributed by atoms with Crippen molar-refractivity contribution in [1.29, 1.82) is 0 Å². The van der Waals surface area contributed by atoms with E-state index in [0.717, 1.165) is 65.7 Å². The number of hydrogen-bond donors (Lipinski definition) is 0. The number of halogens is 1. The fourth-order valence-electron chi connectivity index (χ4n) is 5.84. The van der Waals surface area contributed by atoms with Gasteiger partial charge in [-0.05, 0) is 80.9 Å². The predicted octanol–water partition coefficient (Wildman–Crippen LogP) is 11.1. The van der Waals surface area contributed by atoms with E-state index in [2.05, 4.69) is 153 Å². The summed E-state index contributed by atoms with van der Waals surface area (Å²) in [4.78, 5) is 23.6. The molecule has 0 aliphatic heterocycles. The minimum absolute atomic E-state index is 0.608. The van der Waals surface area contributed by atoms with Crippen LogP contribution < -0.4 is 0 Å². The smallest absolute Gasteiger partial charge is 0.164 e. The molecule has 0 fully saturated rings. The second-order valence-corrected chi connectivity index (χ2v) is 12.5. The molecule has 5 nitrogen and oxygen atoms in total. The zero-order chi connectivity index (χ0) is 33.0. The summed E-state index contributed by atoms with van der Waals surface area (Å²) >= 11 is 3.61. The Morgan fingerprint density at radius 1 is 0.306 bits per heavy atom. The lowest BCUT2D eigenvalue weighted by atomic mass is 9.98. The highest BCUT2D eigenvalue weighted by Crippen LogP contribution is 2.32. The Bertz CT molecular complexity index is 2280. The molecule has 49 heavy (non-hydrogen) atoms. The summed E-state index contributed by atoms with van der Waals surface area (Å²) in [7, 11) is 0. The Labute approximate surface area is 293 Å². The maximum absolute atomic E-state index is 5.03. The largest absolute Gasteiger partial charge is 0.264 e. The van der Waals surface area contributed by atoms with Crippen molar-refractivity contribution in [3.05, 3.63) is 175 Å². The van der Waals surface area contributed by atoms with Crippen LogP contribution in [0.2, 0.25) is 0 Å². The standard InChI is InChI=1S/C43H28BrN5/c44-40-13-3-9-36(26-40)34-7-1-6-33(24-34)35-8-2-10-37(25-35)43-48-41(31-18-14-29(15-19-31)38-11-4-22-45-27-38)47-42(49-43)32-20-16-30(17-21-32)39-12-5-23-46-28-39/h1-28H. The highest BCUT2D eigenvalue weighted by molar-refractivity contribution is 9.10. The molecule has 8 aromatic rings. The number of hydrogen-bond acceptors (Lipinski definition) is 5. The normalized spacial score (nSPS) is 11.0. The fourth-order valence-corrected chi connectivity index (χ4v) is 6.24. The Hall–Kier alpha value is -6.11. The first-order valence-electron chi connectivity index (χ1n) is 15.9. The van der Waals surface area contributed by atoms with E-state index >= 15 is 0 Å². The lowest BCUT2D eigenvalue weighted by molar-refractivity contribution is 1.07. The van der Waals surface area contributed by atoms with Gasteiger partial charge < -0.3 is 0 Å². The van der Waals surface area contributed by atoms with Crippen molar-refractivity contribution in [3.8, 4) is 78.7 Å². The average Bonchev–Trinajstić information content (AvgIpc) is 3.19. The molecule has 0 saturated carbocycles. The van der Waals surface area contributed by atoms with Gasteiger partial charge in [-0.3, -0.25) is 9.97 Å². The molecule has 8 rings (SSSR count). The van der Waals surface area contributed by atoms with Crippen molar-refractivity contribution in [1.82, 2.24) is 24.9 Å². The van der Waals surface area contributed by atoms with E-state index in [1.807, 2.05) is 30.6 Å². The summed E-state index contributed by atoms with van der Waals surface area (Å²) in [5, 5.41) is 0. The summed E-state index contributed by atoms with van der Waals surface area (Å²) in [5.41, 5.74) is 11.5. The molecule has 232 valence electrons. The molecule has 0 spiro atoms. The van der Waals surface area contributed by atoms with Crippen molar-refractivity contribution in [2.75, 3.05) is 0 Å². The molecule has 0 amide bonds. The van der Waals surface area contributed by atoms with Gasteiger partial charge in [0, 0.05) is 46.0 Å². The van der Waals surface area contributed by atoms with Crippen molar-refractivity contribution in [2.45, 2.75) is 0 Å². The van der Waals surface area contributed by atoms with Crippen LogP contribution in [0.15, 0.2) is 175 Å². The minimum Gasteiger partial charge on any atom is -0.264 e. The van der Waals surface area contributed by atoms with E-state index in [0.29, 0.717) is 17.5 Å². The van der Waals surface area contributed by atoms with Gasteiger partial charge >= 0.3 is 0 Å². The van der Waals surface area contributed by atoms with Gasteiger partial charge in [-0.1, -0.05) is 125 Å². The fraction of sp³-hybridized carbons (Fsp3) is 0. The molecule has 0 saturated heterocycles. The monoisotopic (exact) mass is 693 g/mol. The number of nitrogens with zero attached hydrogens (tertiary/aromatic N) is 5. The first-order valence-corrected chi connectivity index (χ1v) is 16.7. The average molecular weight is 695 g/mol. The third-order valence-electron chi connectivity index (χ3n) is 8.39. The third kappa shape index (κ3) is 6.68. The van der Waals surface area contributed by atoms with Crippen LogP contribution in [-0.4, -0.2) is 24.9 Å². The van der Waals surface area contributed by atoms with E-state index in [1.165, 1.54) is 0 Å². The van der Waals surface area contributed by atoms with Gasteiger partial charge in [-0.15, -0.1) is 0 Å². The van der Waals surface area contributed by atoms with Crippen LogP contribution in [0.4, 0.5) is 0 Å². The van der Waals surface area contributed by atoms with Crippen LogP contribution in [0.5, 0.6) is 0 Å². The minimum atomic E-state index is 0.608. The summed E-state index contributed by atoms with van der Waals surface area (Å²) in [5.74, 6) is 1.82. The number of benzene rings is 5. The SMILES string of the molecule is Brc1cccc(-c2cccc(-c3cccc(-c4nc(-c5ccc(-c6cccnc6)cc5)nc(-c5ccc(-c6cccnc6)cc5)n4)c3)c2)c1. The van der Waals surface area contributed by atoms with Crippen LogP contribution in [0.25, 0.3) is 78.7 Å². The zero-order valence-corrected chi connectivity index (χ0v) is 27.9. The van der Waals surface area contributed by atoms with Crippen LogP contribution >= 0.6 is 15.9 Å². The van der Waals surface area contributed by atoms with Crippen LogP contribution in [-0.2, 0) is 0 Å². The second kappa shape index (κ2) is 13.6. The molecule has 0 bridgehead atoms. The summed E-state index contributed by atoms with van der Waals surface area (Å²) in [6.07, 6.45) is 7.29. The Morgan fingerprint density at radius 2 is 0.673 bits per heavy atom. The van der Waals surface area contributed by atoms with Crippen LogP contribution in [0.1, 0.15) is 0 Å². The summed E-state index contributed by atoms with van der Waals surface area (Å²) < 4.78 is 1.05. The Balaban J connectivity index is 1.20. The van der Waals surface area contributed by atoms with Crippen molar-refractivity contribution < 1.29 is 0 Å². The van der Waals surface area contributed by atoms with Gasteiger partial charge in [-0.2, -0.15) is 0 Å². The molecule has 0 atom stereocenters. The topological polar surface area (TPSA) is 64.5 Å². The van der Waals surface area contributed by atoms with Gasteiger partial charge in [0.1, 0.15) is 0 Å². The summed E-state index contributed by atoms with van der Waals surface area (Å²) in [6, 6.07) is 49.9. The van der Waals surface area contributed by atoms with E-state index in [1.54, 1.807) is 12.4 Å². The van der Waals surface area contributed by atoms with Crippen LogP contribution in [0, 0.1) is 0 Å². The van der Waals surface area contributed by atoms with Crippen LogP contribution in [0.3, 0.4) is 0 Å². The molecule has 3 aromatic heterocycles. The van der Waals surface area contributed by atoms with Crippen molar-refractivity contribution in [2.24, 2.45) is 0 Å². The molecular weight excluding hydrogens is 666 g/mol. The highest BCUT2D eigenvalue weighted by Gasteiger charge is 2.14. The molecule has 0 radical (unpaired) electrons. The second-order valence-electron chi connectivity index (χ2n) is 11.6. The lowest BCUT2D eigenvalue weighted by Crippen LogP contribution is -2.00. The van der Waals surface area contributed by atoms with E-state index < -0.39 is 0 Å². The maximum Gasteiger partial charge on any atom is 0.164 e. The zero-order valence-electron chi connectivity index (χ0n) is 26.3. The Kier molecular flexibility index (Phi) is 8.36.